The molecule has 1 saturated heterocycles. The van der Waals surface area contributed by atoms with Gasteiger partial charge < -0.3 is 4.98 Å². The molecule has 0 bridgehead atoms. The molecule has 0 spiro atoms. The van der Waals surface area contributed by atoms with Gasteiger partial charge in [-0.1, -0.05) is 24.3 Å². The lowest BCUT2D eigenvalue weighted by Gasteiger charge is -2.37. The quantitative estimate of drug-likeness (QED) is 0.712. The van der Waals surface area contributed by atoms with Crippen LogP contribution in [0.2, 0.25) is 0 Å². The molecule has 2 aromatic heterocycles. The number of aromatic amines is 1. The van der Waals surface area contributed by atoms with E-state index in [9.17, 15) is 4.79 Å². The number of carbonyl (C=O) groups is 1. The van der Waals surface area contributed by atoms with Crippen molar-refractivity contribution < 1.29 is 4.79 Å². The predicted octanol–water partition coefficient (Wildman–Crippen LogP) is 3.62. The Hall–Kier alpha value is -1.95. The Bertz CT molecular complexity index is 847. The van der Waals surface area contributed by atoms with Crippen LogP contribution < -0.4 is 0 Å². The number of piperazine rings is 1. The van der Waals surface area contributed by atoms with Crippen LogP contribution in [-0.4, -0.2) is 52.8 Å². The number of thiophene rings is 1. The van der Waals surface area contributed by atoms with Gasteiger partial charge in [0.15, 0.2) is 5.78 Å². The molecule has 0 radical (unpaired) electrons. The van der Waals surface area contributed by atoms with Gasteiger partial charge in [0.05, 0.1) is 6.04 Å². The third-order valence-electron chi connectivity index (χ3n) is 5.15. The lowest BCUT2D eigenvalue weighted by atomic mass is 10.0. The molecule has 1 aliphatic rings. The van der Waals surface area contributed by atoms with Crippen LogP contribution in [0, 0.1) is 0 Å². The third kappa shape index (κ3) is 3.40. The van der Waals surface area contributed by atoms with Gasteiger partial charge in [0.1, 0.15) is 0 Å². The van der Waals surface area contributed by atoms with Gasteiger partial charge >= 0.3 is 0 Å². The van der Waals surface area contributed by atoms with E-state index < -0.39 is 0 Å². The highest BCUT2D eigenvalue weighted by molar-refractivity contribution is 7.09. The molecule has 3 heterocycles. The van der Waals surface area contributed by atoms with Crippen LogP contribution in [0.5, 0.6) is 0 Å². The highest BCUT2D eigenvalue weighted by atomic mass is 32.1. The molecule has 1 aromatic carbocycles. The van der Waals surface area contributed by atoms with Crippen molar-refractivity contribution in [2.45, 2.75) is 19.5 Å². The Labute approximate surface area is 152 Å². The van der Waals surface area contributed by atoms with Gasteiger partial charge in [0.25, 0.3) is 0 Å². The standard InChI is InChI=1S/C20H23N3OS/c1-15(20(24)18-13-21-19-7-3-2-6-17(18)19)23-10-8-22(9-11-23)14-16-5-4-12-25-16/h2-7,12-13,15,21H,8-11,14H2,1H3/t15-/m0/s1. The maximum Gasteiger partial charge on any atom is 0.181 e. The van der Waals surface area contributed by atoms with E-state index in [0.29, 0.717) is 0 Å². The van der Waals surface area contributed by atoms with Crippen molar-refractivity contribution in [1.82, 2.24) is 14.8 Å². The number of rotatable bonds is 5. The van der Waals surface area contributed by atoms with Gasteiger partial charge in [-0.05, 0) is 24.4 Å². The van der Waals surface area contributed by atoms with Crippen LogP contribution in [0.4, 0.5) is 0 Å². The molecular weight excluding hydrogens is 330 g/mol. The Morgan fingerprint density at radius 1 is 1.16 bits per heavy atom. The molecule has 1 N–H and O–H groups in total. The summed E-state index contributed by atoms with van der Waals surface area (Å²) in [4.78, 5) is 22.4. The topological polar surface area (TPSA) is 39.3 Å². The van der Waals surface area contributed by atoms with E-state index in [1.165, 1.54) is 4.88 Å². The summed E-state index contributed by atoms with van der Waals surface area (Å²) in [6, 6.07) is 12.2. The highest BCUT2D eigenvalue weighted by Gasteiger charge is 2.27. The minimum absolute atomic E-state index is 0.0805. The zero-order valence-corrected chi connectivity index (χ0v) is 15.3. The van der Waals surface area contributed by atoms with E-state index in [2.05, 4.69) is 32.3 Å². The molecule has 130 valence electrons. The molecule has 0 aliphatic carbocycles. The van der Waals surface area contributed by atoms with Crippen molar-refractivity contribution in [3.63, 3.8) is 0 Å². The van der Waals surface area contributed by atoms with E-state index in [4.69, 9.17) is 0 Å². The summed E-state index contributed by atoms with van der Waals surface area (Å²) in [6.45, 7) is 6.99. The van der Waals surface area contributed by atoms with Crippen molar-refractivity contribution in [1.29, 1.82) is 0 Å². The summed E-state index contributed by atoms with van der Waals surface area (Å²) in [5.74, 6) is 0.212. The fourth-order valence-corrected chi connectivity index (χ4v) is 4.34. The van der Waals surface area contributed by atoms with Crippen molar-refractivity contribution in [2.75, 3.05) is 26.2 Å². The monoisotopic (exact) mass is 353 g/mol. The first kappa shape index (κ1) is 16.5. The summed E-state index contributed by atoms with van der Waals surface area (Å²) >= 11 is 1.82. The number of benzene rings is 1. The zero-order valence-electron chi connectivity index (χ0n) is 14.4. The molecule has 1 fully saturated rings. The number of fused-ring (bicyclic) bond motifs is 1. The number of H-pyrrole nitrogens is 1. The number of para-hydroxylation sites is 1. The Balaban J connectivity index is 1.40. The molecule has 3 aromatic rings. The molecule has 1 atom stereocenters. The first-order chi connectivity index (χ1) is 12.2. The summed E-state index contributed by atoms with van der Waals surface area (Å²) < 4.78 is 0. The van der Waals surface area contributed by atoms with Crippen LogP contribution >= 0.6 is 11.3 Å². The van der Waals surface area contributed by atoms with Gasteiger partial charge in [-0.25, -0.2) is 0 Å². The first-order valence-corrected chi connectivity index (χ1v) is 9.69. The number of nitrogens with zero attached hydrogens (tertiary/aromatic N) is 2. The summed E-state index contributed by atoms with van der Waals surface area (Å²) in [5.41, 5.74) is 1.84. The van der Waals surface area contributed by atoms with Crippen LogP contribution in [-0.2, 0) is 6.54 Å². The molecule has 0 amide bonds. The second-order valence-corrected chi connectivity index (χ2v) is 7.71. The predicted molar refractivity (Wildman–Crippen MR) is 103 cm³/mol. The highest BCUT2D eigenvalue weighted by Crippen LogP contribution is 2.21. The summed E-state index contributed by atoms with van der Waals surface area (Å²) in [7, 11) is 0. The number of carbonyl (C=O) groups excluding carboxylic acids is 1. The molecule has 4 nitrogen and oxygen atoms in total. The van der Waals surface area contributed by atoms with E-state index in [-0.39, 0.29) is 11.8 Å². The average Bonchev–Trinajstić information content (AvgIpc) is 3.31. The van der Waals surface area contributed by atoms with Crippen molar-refractivity contribution in [2.24, 2.45) is 0 Å². The number of aromatic nitrogens is 1. The molecule has 25 heavy (non-hydrogen) atoms. The van der Waals surface area contributed by atoms with Gasteiger partial charge in [0, 0.05) is 60.3 Å². The summed E-state index contributed by atoms with van der Waals surface area (Å²) in [6.07, 6.45) is 1.86. The van der Waals surface area contributed by atoms with Gasteiger partial charge in [-0.3, -0.25) is 14.6 Å². The minimum Gasteiger partial charge on any atom is -0.360 e. The molecule has 1 aliphatic heterocycles. The third-order valence-corrected chi connectivity index (χ3v) is 6.01. The second kappa shape index (κ2) is 7.12. The summed E-state index contributed by atoms with van der Waals surface area (Å²) in [5, 5.41) is 3.16. The number of hydrogen-bond acceptors (Lipinski definition) is 4. The largest absolute Gasteiger partial charge is 0.360 e. The Morgan fingerprint density at radius 2 is 1.96 bits per heavy atom. The van der Waals surface area contributed by atoms with Crippen molar-refractivity contribution in [3.8, 4) is 0 Å². The van der Waals surface area contributed by atoms with Crippen LogP contribution in [0.15, 0.2) is 48.0 Å². The van der Waals surface area contributed by atoms with E-state index in [0.717, 1.165) is 49.2 Å². The number of nitrogens with one attached hydrogen (secondary N) is 1. The van der Waals surface area contributed by atoms with E-state index >= 15 is 0 Å². The van der Waals surface area contributed by atoms with Crippen LogP contribution in [0.25, 0.3) is 10.9 Å². The number of ketones is 1. The molecule has 0 saturated carbocycles. The van der Waals surface area contributed by atoms with Crippen molar-refractivity contribution in [3.05, 3.63) is 58.4 Å². The SMILES string of the molecule is C[C@@H](C(=O)c1c[nH]c2ccccc12)N1CCN(Cc2cccs2)CC1. The van der Waals surface area contributed by atoms with Crippen LogP contribution in [0.3, 0.4) is 0 Å². The molecule has 0 unspecified atom stereocenters. The maximum absolute atomic E-state index is 13.0. The average molecular weight is 353 g/mol. The Morgan fingerprint density at radius 3 is 2.72 bits per heavy atom. The normalized spacial score (nSPS) is 17.8. The van der Waals surface area contributed by atoms with E-state index in [1.54, 1.807) is 0 Å². The smallest absolute Gasteiger partial charge is 0.181 e. The van der Waals surface area contributed by atoms with Gasteiger partial charge in [-0.2, -0.15) is 0 Å². The number of Topliss-reactive ketones (excluding diaryl/α,β-unsaturated/α-hetero) is 1. The molecular formula is C20H23N3OS. The van der Waals surface area contributed by atoms with Gasteiger partial charge in [0.2, 0.25) is 0 Å². The Kier molecular flexibility index (Phi) is 4.70. The maximum atomic E-state index is 13.0. The number of hydrogen-bond donors (Lipinski definition) is 1. The zero-order chi connectivity index (χ0) is 17.2. The second-order valence-electron chi connectivity index (χ2n) is 6.68. The van der Waals surface area contributed by atoms with Crippen molar-refractivity contribution >= 4 is 28.0 Å². The van der Waals surface area contributed by atoms with E-state index in [1.807, 2.05) is 48.7 Å². The molecule has 5 heteroatoms. The van der Waals surface area contributed by atoms with Gasteiger partial charge in [-0.15, -0.1) is 11.3 Å². The molecule has 4 rings (SSSR count). The minimum atomic E-state index is -0.0805. The fraction of sp³-hybridized carbons (Fsp3) is 0.350. The van der Waals surface area contributed by atoms with Crippen LogP contribution in [0.1, 0.15) is 22.2 Å². The lowest BCUT2D eigenvalue weighted by molar-refractivity contribution is 0.0690. The lowest BCUT2D eigenvalue weighted by Crippen LogP contribution is -2.51. The fourth-order valence-electron chi connectivity index (χ4n) is 3.60. The first-order valence-electron chi connectivity index (χ1n) is 8.81.